The van der Waals surface area contributed by atoms with Gasteiger partial charge < -0.3 is 9.47 Å². The zero-order valence-corrected chi connectivity index (χ0v) is 12.3. The zero-order valence-electron chi connectivity index (χ0n) is 10.7. The van der Waals surface area contributed by atoms with Crippen LogP contribution in [0.25, 0.3) is 0 Å². The molecular formula is C14H12BrNO4. The fourth-order valence-corrected chi connectivity index (χ4v) is 2.09. The van der Waals surface area contributed by atoms with Gasteiger partial charge >= 0.3 is 0 Å². The van der Waals surface area contributed by atoms with E-state index in [-0.39, 0.29) is 5.69 Å². The summed E-state index contributed by atoms with van der Waals surface area (Å²) >= 11 is 3.31. The van der Waals surface area contributed by atoms with E-state index in [0.717, 1.165) is 11.3 Å². The van der Waals surface area contributed by atoms with Crippen LogP contribution in [-0.4, -0.2) is 12.0 Å². The predicted octanol–water partition coefficient (Wildman–Crippen LogP) is 4.29. The molecule has 104 valence electrons. The predicted molar refractivity (Wildman–Crippen MR) is 78.8 cm³/mol. The number of alkyl halides is 1. The van der Waals surface area contributed by atoms with Gasteiger partial charge in [-0.25, -0.2) is 0 Å². The Balaban J connectivity index is 2.25. The van der Waals surface area contributed by atoms with Crippen molar-refractivity contribution in [1.29, 1.82) is 0 Å². The number of halogens is 1. The maximum atomic E-state index is 10.7. The summed E-state index contributed by atoms with van der Waals surface area (Å²) in [7, 11) is 1.59. The number of rotatable bonds is 5. The summed E-state index contributed by atoms with van der Waals surface area (Å²) in [4.78, 5) is 10.3. The molecule has 0 amide bonds. The van der Waals surface area contributed by atoms with Gasteiger partial charge in [0.2, 0.25) is 0 Å². The molecule has 0 saturated carbocycles. The van der Waals surface area contributed by atoms with Gasteiger partial charge in [-0.15, -0.1) is 0 Å². The summed E-state index contributed by atoms with van der Waals surface area (Å²) in [6.45, 7) is 0. The average molecular weight is 338 g/mol. The van der Waals surface area contributed by atoms with Crippen LogP contribution in [0.3, 0.4) is 0 Å². The van der Waals surface area contributed by atoms with Crippen LogP contribution in [0.4, 0.5) is 5.69 Å². The smallest absolute Gasteiger partial charge is 0.270 e. The van der Waals surface area contributed by atoms with Crippen LogP contribution in [0.2, 0.25) is 0 Å². The lowest BCUT2D eigenvalue weighted by Crippen LogP contribution is -1.93. The summed E-state index contributed by atoms with van der Waals surface area (Å²) in [6, 6.07) is 11.6. The largest absolute Gasteiger partial charge is 0.497 e. The van der Waals surface area contributed by atoms with E-state index in [1.54, 1.807) is 37.4 Å². The molecule has 5 nitrogen and oxygen atoms in total. The van der Waals surface area contributed by atoms with Gasteiger partial charge in [0.25, 0.3) is 5.69 Å². The Morgan fingerprint density at radius 1 is 1.15 bits per heavy atom. The first-order valence-corrected chi connectivity index (χ1v) is 6.91. The number of hydrogen-bond donors (Lipinski definition) is 0. The second kappa shape index (κ2) is 6.38. The lowest BCUT2D eigenvalue weighted by molar-refractivity contribution is -0.384. The molecule has 0 spiro atoms. The summed E-state index contributed by atoms with van der Waals surface area (Å²) in [6.07, 6.45) is 0. The molecule has 0 fully saturated rings. The van der Waals surface area contributed by atoms with Crippen molar-refractivity contribution in [2.75, 3.05) is 7.11 Å². The highest BCUT2D eigenvalue weighted by molar-refractivity contribution is 9.08. The fraction of sp³-hybridized carbons (Fsp3) is 0.143. The van der Waals surface area contributed by atoms with Crippen LogP contribution in [0, 0.1) is 10.1 Å². The monoisotopic (exact) mass is 337 g/mol. The van der Waals surface area contributed by atoms with Gasteiger partial charge in [-0.05, 0) is 30.3 Å². The van der Waals surface area contributed by atoms with Gasteiger partial charge in [0, 0.05) is 23.0 Å². The quantitative estimate of drug-likeness (QED) is 0.463. The van der Waals surface area contributed by atoms with E-state index in [0.29, 0.717) is 16.8 Å². The molecule has 0 aliphatic carbocycles. The van der Waals surface area contributed by atoms with Crippen molar-refractivity contribution in [2.24, 2.45) is 0 Å². The molecule has 6 heteroatoms. The fourth-order valence-electron chi connectivity index (χ4n) is 1.65. The molecule has 20 heavy (non-hydrogen) atoms. The SMILES string of the molecule is COc1ccc(Oc2ccc([N+](=O)[O-])cc2CBr)cc1. The first-order valence-electron chi connectivity index (χ1n) is 5.79. The van der Waals surface area contributed by atoms with Crippen molar-refractivity contribution in [1.82, 2.24) is 0 Å². The first kappa shape index (κ1) is 14.3. The maximum absolute atomic E-state index is 10.7. The molecule has 0 radical (unpaired) electrons. The minimum Gasteiger partial charge on any atom is -0.497 e. The molecule has 0 aliphatic heterocycles. The molecule has 0 aliphatic rings. The highest BCUT2D eigenvalue weighted by atomic mass is 79.9. The molecule has 0 atom stereocenters. The van der Waals surface area contributed by atoms with Crippen molar-refractivity contribution >= 4 is 21.6 Å². The van der Waals surface area contributed by atoms with Gasteiger partial charge in [-0.2, -0.15) is 0 Å². The van der Waals surface area contributed by atoms with E-state index < -0.39 is 4.92 Å². The molecule has 0 unspecified atom stereocenters. The number of nitrogens with zero attached hydrogens (tertiary/aromatic N) is 1. The molecular weight excluding hydrogens is 326 g/mol. The Morgan fingerprint density at radius 2 is 1.80 bits per heavy atom. The summed E-state index contributed by atoms with van der Waals surface area (Å²) in [5, 5.41) is 11.2. The van der Waals surface area contributed by atoms with Gasteiger partial charge in [-0.1, -0.05) is 15.9 Å². The third-order valence-corrected chi connectivity index (χ3v) is 3.29. The standard InChI is InChI=1S/C14H12BrNO4/c1-19-12-3-5-13(6-4-12)20-14-7-2-11(16(17)18)8-10(14)9-15/h2-8H,9H2,1H3. The van der Waals surface area contributed by atoms with Crippen molar-refractivity contribution in [3.63, 3.8) is 0 Å². The van der Waals surface area contributed by atoms with Crippen LogP contribution in [0.5, 0.6) is 17.2 Å². The molecule has 0 saturated heterocycles. The number of nitro benzene ring substituents is 1. The summed E-state index contributed by atoms with van der Waals surface area (Å²) in [5.74, 6) is 1.96. The number of non-ortho nitro benzene ring substituents is 1. The number of ether oxygens (including phenoxy) is 2. The third-order valence-electron chi connectivity index (χ3n) is 2.69. The second-order valence-electron chi connectivity index (χ2n) is 3.96. The lowest BCUT2D eigenvalue weighted by Gasteiger charge is -2.10. The second-order valence-corrected chi connectivity index (χ2v) is 4.52. The maximum Gasteiger partial charge on any atom is 0.270 e. The summed E-state index contributed by atoms with van der Waals surface area (Å²) in [5.41, 5.74) is 0.761. The number of methoxy groups -OCH3 is 1. The third kappa shape index (κ3) is 3.27. The van der Waals surface area contributed by atoms with Crippen molar-refractivity contribution < 1.29 is 14.4 Å². The number of benzene rings is 2. The molecule has 2 aromatic rings. The highest BCUT2D eigenvalue weighted by Crippen LogP contribution is 2.30. The van der Waals surface area contributed by atoms with Crippen LogP contribution < -0.4 is 9.47 Å². The van der Waals surface area contributed by atoms with E-state index in [1.165, 1.54) is 12.1 Å². The van der Waals surface area contributed by atoms with Gasteiger partial charge in [0.1, 0.15) is 17.2 Å². The Kier molecular flexibility index (Phi) is 4.57. The Hall–Kier alpha value is -2.08. The van der Waals surface area contributed by atoms with Crippen LogP contribution in [0.15, 0.2) is 42.5 Å². The van der Waals surface area contributed by atoms with Crippen LogP contribution >= 0.6 is 15.9 Å². The van der Waals surface area contributed by atoms with Gasteiger partial charge in [-0.3, -0.25) is 10.1 Å². The summed E-state index contributed by atoms with van der Waals surface area (Å²) < 4.78 is 10.8. The van der Waals surface area contributed by atoms with E-state index in [4.69, 9.17) is 9.47 Å². The van der Waals surface area contributed by atoms with Crippen molar-refractivity contribution in [3.8, 4) is 17.2 Å². The first-order chi connectivity index (χ1) is 9.63. The minimum atomic E-state index is -0.427. The molecule has 2 aromatic carbocycles. The molecule has 0 N–H and O–H groups in total. The minimum absolute atomic E-state index is 0.0431. The van der Waals surface area contributed by atoms with E-state index in [2.05, 4.69) is 15.9 Å². The van der Waals surface area contributed by atoms with Gasteiger partial charge in [0.15, 0.2) is 0 Å². The number of nitro groups is 1. The van der Waals surface area contributed by atoms with Crippen molar-refractivity contribution in [2.45, 2.75) is 5.33 Å². The lowest BCUT2D eigenvalue weighted by atomic mass is 10.2. The zero-order chi connectivity index (χ0) is 14.5. The highest BCUT2D eigenvalue weighted by Gasteiger charge is 2.11. The average Bonchev–Trinajstić information content (AvgIpc) is 2.48. The normalized spacial score (nSPS) is 10.1. The topological polar surface area (TPSA) is 61.6 Å². The molecule has 0 heterocycles. The Bertz CT molecular complexity index is 613. The Labute approximate surface area is 124 Å². The molecule has 2 rings (SSSR count). The van der Waals surface area contributed by atoms with Crippen molar-refractivity contribution in [3.05, 3.63) is 58.1 Å². The van der Waals surface area contributed by atoms with Crippen LogP contribution in [0.1, 0.15) is 5.56 Å². The van der Waals surface area contributed by atoms with E-state index >= 15 is 0 Å². The molecule has 0 bridgehead atoms. The van der Waals surface area contributed by atoms with Gasteiger partial charge in [0.05, 0.1) is 12.0 Å². The number of hydrogen-bond acceptors (Lipinski definition) is 4. The van der Waals surface area contributed by atoms with E-state index in [1.807, 2.05) is 0 Å². The Morgan fingerprint density at radius 3 is 2.35 bits per heavy atom. The molecule has 0 aromatic heterocycles. The van der Waals surface area contributed by atoms with Crippen LogP contribution in [-0.2, 0) is 5.33 Å². The van der Waals surface area contributed by atoms with E-state index in [9.17, 15) is 10.1 Å².